The first kappa shape index (κ1) is 24.9. The molecule has 10 heteroatoms. The molecule has 0 radical (unpaired) electrons. The lowest BCUT2D eigenvalue weighted by atomic mass is 10.1. The number of benzene rings is 2. The molecule has 4 rings (SSSR count). The van der Waals surface area contributed by atoms with E-state index in [4.69, 9.17) is 9.47 Å². The van der Waals surface area contributed by atoms with Gasteiger partial charge in [-0.2, -0.15) is 0 Å². The highest BCUT2D eigenvalue weighted by molar-refractivity contribution is 5.92. The van der Waals surface area contributed by atoms with Crippen LogP contribution in [0.2, 0.25) is 0 Å². The molecular weight excluding hydrogens is 462 g/mol. The molecule has 2 amide bonds. The summed E-state index contributed by atoms with van der Waals surface area (Å²) in [5.41, 5.74) is 2.08. The number of aromatic amines is 1. The van der Waals surface area contributed by atoms with Gasteiger partial charge < -0.3 is 25.0 Å². The van der Waals surface area contributed by atoms with Crippen LogP contribution in [0.1, 0.15) is 17.7 Å². The Balaban J connectivity index is 1.28. The van der Waals surface area contributed by atoms with Gasteiger partial charge in [-0.15, -0.1) is 0 Å². The Hall–Kier alpha value is -4.18. The van der Waals surface area contributed by atoms with Crippen molar-refractivity contribution in [1.82, 2.24) is 9.97 Å². The maximum atomic E-state index is 12.6. The SMILES string of the molecule is Cc1nc(N2CCOCC2)[nH]c(=O)c1CCC(=O)Nc1cccc(OCC(=O)Nc2ccccc2)c1. The van der Waals surface area contributed by atoms with E-state index in [2.05, 4.69) is 20.6 Å². The first-order valence-electron chi connectivity index (χ1n) is 11.8. The number of anilines is 3. The minimum absolute atomic E-state index is 0.118. The number of H-pyrrole nitrogens is 1. The van der Waals surface area contributed by atoms with E-state index in [9.17, 15) is 14.4 Å². The molecule has 0 unspecified atom stereocenters. The molecule has 1 aliphatic heterocycles. The van der Waals surface area contributed by atoms with Crippen LogP contribution in [-0.4, -0.2) is 54.7 Å². The summed E-state index contributed by atoms with van der Waals surface area (Å²) < 4.78 is 10.9. The Kier molecular flexibility index (Phi) is 8.30. The monoisotopic (exact) mass is 491 g/mol. The molecule has 188 valence electrons. The molecule has 0 atom stereocenters. The fourth-order valence-corrected chi connectivity index (χ4v) is 3.81. The van der Waals surface area contributed by atoms with E-state index in [-0.39, 0.29) is 36.8 Å². The molecule has 3 aromatic rings. The summed E-state index contributed by atoms with van der Waals surface area (Å²) in [4.78, 5) is 46.6. The van der Waals surface area contributed by atoms with Gasteiger partial charge in [0.1, 0.15) is 5.75 Å². The van der Waals surface area contributed by atoms with Crippen LogP contribution in [0.5, 0.6) is 5.75 Å². The number of aromatic nitrogens is 2. The molecule has 1 aliphatic rings. The zero-order valence-electron chi connectivity index (χ0n) is 20.1. The first-order valence-corrected chi connectivity index (χ1v) is 11.8. The van der Waals surface area contributed by atoms with Crippen LogP contribution in [0.3, 0.4) is 0 Å². The number of morpholine rings is 1. The van der Waals surface area contributed by atoms with Gasteiger partial charge in [-0.05, 0) is 37.6 Å². The molecule has 10 nitrogen and oxygen atoms in total. The summed E-state index contributed by atoms with van der Waals surface area (Å²) in [6.45, 7) is 4.15. The molecule has 0 spiro atoms. The molecule has 1 aromatic heterocycles. The van der Waals surface area contributed by atoms with Crippen molar-refractivity contribution in [2.45, 2.75) is 19.8 Å². The third-order valence-corrected chi connectivity index (χ3v) is 5.67. The number of hydrogen-bond acceptors (Lipinski definition) is 7. The third-order valence-electron chi connectivity index (χ3n) is 5.67. The van der Waals surface area contributed by atoms with E-state index < -0.39 is 0 Å². The number of carbonyl (C=O) groups is 2. The third kappa shape index (κ3) is 6.92. The number of carbonyl (C=O) groups excluding carboxylic acids is 2. The summed E-state index contributed by atoms with van der Waals surface area (Å²) in [6.07, 6.45) is 0.381. The minimum Gasteiger partial charge on any atom is -0.484 e. The molecule has 2 heterocycles. The van der Waals surface area contributed by atoms with Gasteiger partial charge in [0.05, 0.1) is 13.2 Å². The van der Waals surface area contributed by atoms with E-state index in [0.717, 1.165) is 0 Å². The molecule has 1 fully saturated rings. The lowest BCUT2D eigenvalue weighted by Gasteiger charge is -2.27. The Morgan fingerprint density at radius 1 is 1.03 bits per heavy atom. The van der Waals surface area contributed by atoms with Crippen molar-refractivity contribution in [3.63, 3.8) is 0 Å². The minimum atomic E-state index is -0.288. The Morgan fingerprint density at radius 2 is 1.75 bits per heavy atom. The van der Waals surface area contributed by atoms with Crippen LogP contribution in [-0.2, 0) is 20.7 Å². The van der Waals surface area contributed by atoms with E-state index in [1.807, 2.05) is 23.1 Å². The summed E-state index contributed by atoms with van der Waals surface area (Å²) in [5, 5.41) is 5.56. The second-order valence-electron chi connectivity index (χ2n) is 8.33. The summed E-state index contributed by atoms with van der Waals surface area (Å²) >= 11 is 0. The van der Waals surface area contributed by atoms with E-state index in [1.165, 1.54) is 0 Å². The second kappa shape index (κ2) is 12.0. The molecule has 0 saturated carbocycles. The average molecular weight is 492 g/mol. The highest BCUT2D eigenvalue weighted by atomic mass is 16.5. The smallest absolute Gasteiger partial charge is 0.262 e. The summed E-state index contributed by atoms with van der Waals surface area (Å²) in [6, 6.07) is 15.9. The van der Waals surface area contributed by atoms with Crippen molar-refractivity contribution >= 4 is 29.1 Å². The molecule has 2 aromatic carbocycles. The number of rotatable bonds is 9. The molecule has 36 heavy (non-hydrogen) atoms. The number of amides is 2. The van der Waals surface area contributed by atoms with Crippen LogP contribution in [0.25, 0.3) is 0 Å². The van der Waals surface area contributed by atoms with Crippen molar-refractivity contribution in [2.75, 3.05) is 48.4 Å². The Labute approximate surface area is 208 Å². The number of para-hydroxylation sites is 1. The van der Waals surface area contributed by atoms with Crippen LogP contribution < -0.4 is 25.8 Å². The van der Waals surface area contributed by atoms with Crippen LogP contribution in [0.15, 0.2) is 59.4 Å². The molecular formula is C26H29N5O5. The van der Waals surface area contributed by atoms with Crippen molar-refractivity contribution in [3.05, 3.63) is 76.2 Å². The van der Waals surface area contributed by atoms with Crippen LogP contribution in [0, 0.1) is 6.92 Å². The van der Waals surface area contributed by atoms with E-state index >= 15 is 0 Å². The normalized spacial score (nSPS) is 13.2. The van der Waals surface area contributed by atoms with Crippen LogP contribution in [0.4, 0.5) is 17.3 Å². The van der Waals surface area contributed by atoms with E-state index in [0.29, 0.717) is 60.6 Å². The average Bonchev–Trinajstić information content (AvgIpc) is 2.88. The molecule has 3 N–H and O–H groups in total. The standard InChI is InChI=1S/C26H29N5O5/c1-18-22(25(34)30-26(27-18)31-12-14-35-15-13-31)10-11-23(32)29-20-8-5-9-21(16-20)36-17-24(33)28-19-6-3-2-4-7-19/h2-9,16H,10-15,17H2,1H3,(H,28,33)(H,29,32)(H,27,30,34). The summed E-state index contributed by atoms with van der Waals surface area (Å²) in [7, 11) is 0. The highest BCUT2D eigenvalue weighted by Gasteiger charge is 2.17. The van der Waals surface area contributed by atoms with Gasteiger partial charge in [0, 0.05) is 48.2 Å². The van der Waals surface area contributed by atoms with Crippen molar-refractivity contribution in [1.29, 1.82) is 0 Å². The maximum absolute atomic E-state index is 12.6. The summed E-state index contributed by atoms with van der Waals surface area (Å²) in [5.74, 6) is 0.448. The van der Waals surface area contributed by atoms with Crippen LogP contribution >= 0.6 is 0 Å². The first-order chi connectivity index (χ1) is 17.5. The zero-order chi connectivity index (χ0) is 25.3. The van der Waals surface area contributed by atoms with Gasteiger partial charge in [-0.1, -0.05) is 24.3 Å². The predicted molar refractivity (Wildman–Crippen MR) is 137 cm³/mol. The quantitative estimate of drug-likeness (QED) is 0.420. The lowest BCUT2D eigenvalue weighted by Crippen LogP contribution is -2.38. The Morgan fingerprint density at radius 3 is 2.50 bits per heavy atom. The molecule has 1 saturated heterocycles. The number of hydrogen-bond donors (Lipinski definition) is 3. The topological polar surface area (TPSA) is 126 Å². The van der Waals surface area contributed by atoms with Gasteiger partial charge in [0.15, 0.2) is 6.61 Å². The van der Waals surface area contributed by atoms with Crippen molar-refractivity contribution in [3.8, 4) is 5.75 Å². The number of nitrogens with one attached hydrogen (secondary N) is 3. The molecule has 0 bridgehead atoms. The van der Waals surface area contributed by atoms with Gasteiger partial charge in [-0.25, -0.2) is 4.98 Å². The second-order valence-corrected chi connectivity index (χ2v) is 8.33. The van der Waals surface area contributed by atoms with Gasteiger partial charge in [-0.3, -0.25) is 19.4 Å². The van der Waals surface area contributed by atoms with E-state index in [1.54, 1.807) is 43.3 Å². The molecule has 0 aliphatic carbocycles. The number of nitrogens with zero attached hydrogens (tertiary/aromatic N) is 2. The largest absolute Gasteiger partial charge is 0.484 e. The van der Waals surface area contributed by atoms with Gasteiger partial charge >= 0.3 is 0 Å². The predicted octanol–water partition coefficient (Wildman–Crippen LogP) is 2.50. The van der Waals surface area contributed by atoms with Crippen molar-refractivity contribution in [2.24, 2.45) is 0 Å². The fourth-order valence-electron chi connectivity index (χ4n) is 3.81. The maximum Gasteiger partial charge on any atom is 0.262 e. The highest BCUT2D eigenvalue weighted by Crippen LogP contribution is 2.18. The Bertz CT molecular complexity index is 1260. The lowest BCUT2D eigenvalue weighted by molar-refractivity contribution is -0.118. The van der Waals surface area contributed by atoms with Gasteiger partial charge in [0.2, 0.25) is 11.9 Å². The number of aryl methyl sites for hydroxylation is 1. The number of ether oxygens (including phenoxy) is 2. The van der Waals surface area contributed by atoms with Crippen molar-refractivity contribution < 1.29 is 19.1 Å². The zero-order valence-corrected chi connectivity index (χ0v) is 20.1. The fraction of sp³-hybridized carbons (Fsp3) is 0.308. The van der Waals surface area contributed by atoms with Gasteiger partial charge in [0.25, 0.3) is 11.5 Å².